The van der Waals surface area contributed by atoms with Gasteiger partial charge in [0.2, 0.25) is 0 Å². The molecule has 1 aliphatic carbocycles. The van der Waals surface area contributed by atoms with Crippen LogP contribution >= 0.6 is 0 Å². The third-order valence-electron chi connectivity index (χ3n) is 4.26. The molecule has 0 bridgehead atoms. The van der Waals surface area contributed by atoms with Crippen molar-refractivity contribution >= 4 is 0 Å². The molecule has 3 heteroatoms. The average molecular weight is 264 g/mol. The van der Waals surface area contributed by atoms with E-state index in [2.05, 4.69) is 24.3 Å². The summed E-state index contributed by atoms with van der Waals surface area (Å²) in [6.45, 7) is 0. The molecular weight excluding hydrogens is 240 g/mol. The molecule has 2 rings (SSSR count). The van der Waals surface area contributed by atoms with Crippen LogP contribution < -0.4 is 0 Å². The van der Waals surface area contributed by atoms with Crippen LogP contribution in [0.3, 0.4) is 0 Å². The summed E-state index contributed by atoms with van der Waals surface area (Å²) in [4.78, 5) is 0. The van der Waals surface area contributed by atoms with Crippen molar-refractivity contribution in [1.82, 2.24) is 0 Å². The highest BCUT2D eigenvalue weighted by Gasteiger charge is 2.35. The van der Waals surface area contributed by atoms with Gasteiger partial charge in [0, 0.05) is 20.6 Å². The first kappa shape index (κ1) is 14.5. The van der Waals surface area contributed by atoms with Crippen molar-refractivity contribution in [3.05, 3.63) is 35.9 Å². The van der Waals surface area contributed by atoms with Crippen LogP contribution in [0, 0.1) is 0 Å². The quantitative estimate of drug-likeness (QED) is 0.831. The van der Waals surface area contributed by atoms with Crippen molar-refractivity contribution in [2.45, 2.75) is 49.9 Å². The van der Waals surface area contributed by atoms with Gasteiger partial charge in [-0.25, -0.2) is 0 Å². The number of ether oxygens (including phenoxy) is 2. The molecule has 1 fully saturated rings. The highest BCUT2D eigenvalue weighted by atomic mass is 16.7. The molecule has 3 nitrogen and oxygen atoms in total. The molecule has 0 amide bonds. The van der Waals surface area contributed by atoms with Gasteiger partial charge in [-0.15, -0.1) is 0 Å². The second-order valence-corrected chi connectivity index (χ2v) is 5.51. The Kier molecular flexibility index (Phi) is 4.97. The number of hydrogen-bond acceptors (Lipinski definition) is 3. The van der Waals surface area contributed by atoms with E-state index in [1.165, 1.54) is 5.56 Å². The van der Waals surface area contributed by atoms with E-state index in [1.54, 1.807) is 14.2 Å². The van der Waals surface area contributed by atoms with E-state index in [1.807, 2.05) is 6.07 Å². The lowest BCUT2D eigenvalue weighted by Crippen LogP contribution is -2.38. The van der Waals surface area contributed by atoms with Gasteiger partial charge in [-0.05, 0) is 37.2 Å². The fourth-order valence-corrected chi connectivity index (χ4v) is 2.99. The van der Waals surface area contributed by atoms with Crippen molar-refractivity contribution in [3.8, 4) is 0 Å². The van der Waals surface area contributed by atoms with Crippen molar-refractivity contribution in [2.75, 3.05) is 14.2 Å². The highest BCUT2D eigenvalue weighted by Crippen LogP contribution is 2.40. The molecule has 0 aliphatic heterocycles. The zero-order valence-corrected chi connectivity index (χ0v) is 11.8. The number of rotatable bonds is 5. The van der Waals surface area contributed by atoms with Crippen LogP contribution in [-0.2, 0) is 9.47 Å². The highest BCUT2D eigenvalue weighted by molar-refractivity contribution is 5.20. The number of aliphatic hydroxyl groups is 1. The van der Waals surface area contributed by atoms with E-state index in [9.17, 15) is 5.11 Å². The molecule has 19 heavy (non-hydrogen) atoms. The molecule has 1 aliphatic rings. The Bertz CT molecular complexity index is 365. The van der Waals surface area contributed by atoms with E-state index < -0.39 is 5.60 Å². The molecule has 1 aromatic rings. The van der Waals surface area contributed by atoms with E-state index in [0.29, 0.717) is 12.3 Å². The predicted octanol–water partition coefficient (Wildman–Crippen LogP) is 3.08. The van der Waals surface area contributed by atoms with Gasteiger partial charge in [0.15, 0.2) is 6.29 Å². The van der Waals surface area contributed by atoms with Crippen LogP contribution in [0.2, 0.25) is 0 Å². The van der Waals surface area contributed by atoms with Gasteiger partial charge in [-0.2, -0.15) is 0 Å². The molecule has 0 unspecified atom stereocenters. The van der Waals surface area contributed by atoms with Gasteiger partial charge in [0.25, 0.3) is 0 Å². The molecule has 1 N–H and O–H groups in total. The molecule has 0 saturated heterocycles. The van der Waals surface area contributed by atoms with Crippen LogP contribution in [0.15, 0.2) is 30.3 Å². The smallest absolute Gasteiger partial charge is 0.159 e. The van der Waals surface area contributed by atoms with Crippen molar-refractivity contribution in [3.63, 3.8) is 0 Å². The molecule has 1 aromatic carbocycles. The Hall–Kier alpha value is -0.900. The summed E-state index contributed by atoms with van der Waals surface area (Å²) >= 11 is 0. The Morgan fingerprint density at radius 3 is 2.26 bits per heavy atom. The van der Waals surface area contributed by atoms with Gasteiger partial charge in [-0.3, -0.25) is 0 Å². The molecule has 106 valence electrons. The average Bonchev–Trinajstić information content (AvgIpc) is 2.46. The van der Waals surface area contributed by atoms with Crippen molar-refractivity contribution in [2.24, 2.45) is 0 Å². The second kappa shape index (κ2) is 6.51. The minimum atomic E-state index is -0.637. The third kappa shape index (κ3) is 3.78. The lowest BCUT2D eigenvalue weighted by molar-refractivity contribution is -0.151. The van der Waals surface area contributed by atoms with Crippen LogP contribution in [0.5, 0.6) is 0 Å². The summed E-state index contributed by atoms with van der Waals surface area (Å²) in [6.07, 6.45) is 3.94. The van der Waals surface area contributed by atoms with Gasteiger partial charge >= 0.3 is 0 Å². The zero-order chi connectivity index (χ0) is 13.7. The van der Waals surface area contributed by atoms with Gasteiger partial charge in [0.05, 0.1) is 5.60 Å². The molecule has 0 radical (unpaired) electrons. The van der Waals surface area contributed by atoms with Gasteiger partial charge < -0.3 is 14.6 Å². The van der Waals surface area contributed by atoms with Crippen LogP contribution in [0.4, 0.5) is 0 Å². The Morgan fingerprint density at radius 2 is 1.74 bits per heavy atom. The zero-order valence-electron chi connectivity index (χ0n) is 11.8. The standard InChI is InChI=1S/C16H24O3/c1-18-15(19-2)12-16(17)10-8-14(9-11-16)13-6-4-3-5-7-13/h3-7,14-15,17H,8-12H2,1-2H3. The van der Waals surface area contributed by atoms with Gasteiger partial charge in [0.1, 0.15) is 0 Å². The molecule has 0 atom stereocenters. The Morgan fingerprint density at radius 1 is 1.16 bits per heavy atom. The summed E-state index contributed by atoms with van der Waals surface area (Å²) in [5.41, 5.74) is 0.752. The summed E-state index contributed by atoms with van der Waals surface area (Å²) in [7, 11) is 3.24. The van der Waals surface area contributed by atoms with Crippen molar-refractivity contribution in [1.29, 1.82) is 0 Å². The Labute approximate surface area is 115 Å². The number of benzene rings is 1. The predicted molar refractivity (Wildman–Crippen MR) is 75.0 cm³/mol. The maximum Gasteiger partial charge on any atom is 0.159 e. The van der Waals surface area contributed by atoms with E-state index in [4.69, 9.17) is 9.47 Å². The fraction of sp³-hybridized carbons (Fsp3) is 0.625. The van der Waals surface area contributed by atoms with Crippen LogP contribution in [0.1, 0.15) is 43.6 Å². The molecule has 0 aromatic heterocycles. The normalized spacial score (nSPS) is 27.7. The summed E-state index contributed by atoms with van der Waals surface area (Å²) < 4.78 is 10.4. The minimum absolute atomic E-state index is 0.307. The summed E-state index contributed by atoms with van der Waals surface area (Å²) in [5.74, 6) is 0.574. The third-order valence-corrected chi connectivity index (χ3v) is 4.26. The number of methoxy groups -OCH3 is 2. The van der Waals surface area contributed by atoms with E-state index >= 15 is 0 Å². The van der Waals surface area contributed by atoms with Crippen LogP contribution in [-0.4, -0.2) is 31.2 Å². The van der Waals surface area contributed by atoms with Gasteiger partial charge in [-0.1, -0.05) is 30.3 Å². The maximum absolute atomic E-state index is 10.6. The SMILES string of the molecule is COC(CC1(O)CCC(c2ccccc2)CC1)OC. The molecule has 0 spiro atoms. The maximum atomic E-state index is 10.6. The first-order valence-corrected chi connectivity index (χ1v) is 7.00. The Balaban J connectivity index is 1.91. The van der Waals surface area contributed by atoms with E-state index in [-0.39, 0.29) is 6.29 Å². The van der Waals surface area contributed by atoms with Crippen molar-refractivity contribution < 1.29 is 14.6 Å². The number of hydrogen-bond donors (Lipinski definition) is 1. The summed E-state index contributed by atoms with van der Waals surface area (Å²) in [5, 5.41) is 10.6. The largest absolute Gasteiger partial charge is 0.390 e. The molecule has 0 heterocycles. The van der Waals surface area contributed by atoms with E-state index in [0.717, 1.165) is 25.7 Å². The monoisotopic (exact) mass is 264 g/mol. The van der Waals surface area contributed by atoms with Crippen LogP contribution in [0.25, 0.3) is 0 Å². The second-order valence-electron chi connectivity index (χ2n) is 5.51. The fourth-order valence-electron chi connectivity index (χ4n) is 2.99. The topological polar surface area (TPSA) is 38.7 Å². The molecular formula is C16H24O3. The first-order valence-electron chi connectivity index (χ1n) is 7.00. The first-order chi connectivity index (χ1) is 9.17. The lowest BCUT2D eigenvalue weighted by atomic mass is 9.74. The summed E-state index contributed by atoms with van der Waals surface area (Å²) in [6, 6.07) is 10.6. The minimum Gasteiger partial charge on any atom is -0.390 e. The molecule has 1 saturated carbocycles. The lowest BCUT2D eigenvalue weighted by Gasteiger charge is -2.37.